The zero-order valence-corrected chi connectivity index (χ0v) is 16.8. The van der Waals surface area contributed by atoms with E-state index < -0.39 is 0 Å². The summed E-state index contributed by atoms with van der Waals surface area (Å²) in [7, 11) is 3.31. The SMILES string of the molecule is CN(C)C(=O)c1cn(-c2ccc(Cl)cc2Cl)c(-c2cccc(Cl)c2Cl)n1. The van der Waals surface area contributed by atoms with Gasteiger partial charge in [-0.1, -0.05) is 52.5 Å². The normalized spacial score (nSPS) is 10.8. The predicted octanol–water partition coefficient (Wildman–Crippen LogP) is 5.85. The topological polar surface area (TPSA) is 38.1 Å². The highest BCUT2D eigenvalue weighted by Gasteiger charge is 2.21. The maximum atomic E-state index is 12.4. The van der Waals surface area contributed by atoms with Crippen molar-refractivity contribution < 1.29 is 4.79 Å². The van der Waals surface area contributed by atoms with Gasteiger partial charge in [0.1, 0.15) is 11.5 Å². The van der Waals surface area contributed by atoms with Crippen LogP contribution in [0.3, 0.4) is 0 Å². The number of nitrogens with zero attached hydrogens (tertiary/aromatic N) is 3. The van der Waals surface area contributed by atoms with Crippen molar-refractivity contribution in [1.82, 2.24) is 14.5 Å². The van der Waals surface area contributed by atoms with Crippen LogP contribution in [0, 0.1) is 0 Å². The molecule has 0 unspecified atom stereocenters. The quantitative estimate of drug-likeness (QED) is 0.524. The van der Waals surface area contributed by atoms with E-state index in [9.17, 15) is 4.79 Å². The van der Waals surface area contributed by atoms with Crippen LogP contribution in [-0.2, 0) is 0 Å². The lowest BCUT2D eigenvalue weighted by Crippen LogP contribution is -2.21. The Bertz CT molecular complexity index is 998. The largest absolute Gasteiger partial charge is 0.343 e. The number of benzene rings is 2. The standard InChI is InChI=1S/C18H13Cl4N3O/c1-24(2)18(26)14-9-25(15-7-6-10(19)8-13(15)21)17(23-14)11-4-3-5-12(20)16(11)22/h3-9H,1-2H3. The van der Waals surface area contributed by atoms with E-state index in [2.05, 4.69) is 4.98 Å². The van der Waals surface area contributed by atoms with Crippen LogP contribution in [0.15, 0.2) is 42.6 Å². The van der Waals surface area contributed by atoms with E-state index in [1.165, 1.54) is 4.90 Å². The minimum atomic E-state index is -0.242. The van der Waals surface area contributed by atoms with E-state index in [1.807, 2.05) is 0 Å². The summed E-state index contributed by atoms with van der Waals surface area (Å²) in [6, 6.07) is 10.3. The lowest BCUT2D eigenvalue weighted by molar-refractivity contribution is 0.0822. The van der Waals surface area contributed by atoms with Gasteiger partial charge >= 0.3 is 0 Å². The molecule has 8 heteroatoms. The highest BCUT2D eigenvalue weighted by atomic mass is 35.5. The molecule has 0 aliphatic heterocycles. The van der Waals surface area contributed by atoms with Gasteiger partial charge in [-0.25, -0.2) is 4.98 Å². The Balaban J connectivity index is 2.28. The molecule has 0 spiro atoms. The van der Waals surface area contributed by atoms with Crippen LogP contribution in [-0.4, -0.2) is 34.5 Å². The van der Waals surface area contributed by atoms with E-state index in [0.29, 0.717) is 37.2 Å². The fourth-order valence-electron chi connectivity index (χ4n) is 2.44. The van der Waals surface area contributed by atoms with Gasteiger partial charge in [0.2, 0.25) is 0 Å². The number of carbonyl (C=O) groups is 1. The van der Waals surface area contributed by atoms with E-state index in [0.717, 1.165) is 0 Å². The molecular formula is C18H13Cl4N3O. The molecule has 0 aliphatic carbocycles. The number of imidazole rings is 1. The Morgan fingerprint density at radius 2 is 1.77 bits per heavy atom. The molecule has 0 N–H and O–H groups in total. The summed E-state index contributed by atoms with van der Waals surface area (Å²) < 4.78 is 1.70. The van der Waals surface area contributed by atoms with Gasteiger partial charge in [-0.3, -0.25) is 9.36 Å². The number of rotatable bonds is 3. The van der Waals surface area contributed by atoms with Crippen molar-refractivity contribution in [3.63, 3.8) is 0 Å². The number of hydrogen-bond donors (Lipinski definition) is 0. The Kier molecular flexibility index (Phi) is 5.49. The first-order valence-electron chi connectivity index (χ1n) is 7.50. The summed E-state index contributed by atoms with van der Waals surface area (Å²) in [5.74, 6) is 0.208. The van der Waals surface area contributed by atoms with Gasteiger partial charge in [0, 0.05) is 30.9 Å². The Morgan fingerprint density at radius 1 is 1.04 bits per heavy atom. The third-order valence-corrected chi connectivity index (χ3v) is 5.05. The molecule has 0 aliphatic rings. The average Bonchev–Trinajstić information content (AvgIpc) is 3.01. The molecule has 4 nitrogen and oxygen atoms in total. The number of amides is 1. The second-order valence-corrected chi connectivity index (χ2v) is 7.35. The Morgan fingerprint density at radius 3 is 2.42 bits per heavy atom. The van der Waals surface area contributed by atoms with Crippen molar-refractivity contribution in [3.05, 3.63) is 68.4 Å². The van der Waals surface area contributed by atoms with Crippen LogP contribution in [0.5, 0.6) is 0 Å². The lowest BCUT2D eigenvalue weighted by atomic mass is 10.2. The number of carbonyl (C=O) groups excluding carboxylic acids is 1. The van der Waals surface area contributed by atoms with Crippen molar-refractivity contribution in [2.75, 3.05) is 14.1 Å². The number of halogens is 4. The molecule has 0 radical (unpaired) electrons. The second-order valence-electron chi connectivity index (χ2n) is 5.72. The van der Waals surface area contributed by atoms with Gasteiger partial charge in [-0.05, 0) is 30.3 Å². The third-order valence-electron chi connectivity index (χ3n) is 3.69. The van der Waals surface area contributed by atoms with E-state index in [1.54, 1.807) is 61.3 Å². The molecule has 3 rings (SSSR count). The molecule has 3 aromatic rings. The van der Waals surface area contributed by atoms with Gasteiger partial charge in [-0.15, -0.1) is 0 Å². The summed E-state index contributed by atoms with van der Waals surface area (Å²) in [4.78, 5) is 18.3. The van der Waals surface area contributed by atoms with Crippen molar-refractivity contribution in [3.8, 4) is 17.1 Å². The summed E-state index contributed by atoms with van der Waals surface area (Å²) in [5, 5.41) is 1.65. The van der Waals surface area contributed by atoms with E-state index in [-0.39, 0.29) is 11.6 Å². The summed E-state index contributed by atoms with van der Waals surface area (Å²) in [6.45, 7) is 0. The van der Waals surface area contributed by atoms with Gasteiger partial charge in [0.25, 0.3) is 5.91 Å². The molecule has 1 amide bonds. The summed E-state index contributed by atoms with van der Waals surface area (Å²) >= 11 is 24.9. The van der Waals surface area contributed by atoms with Gasteiger partial charge in [0.15, 0.2) is 0 Å². The first-order chi connectivity index (χ1) is 12.3. The Hall–Kier alpha value is -1.72. The highest BCUT2D eigenvalue weighted by molar-refractivity contribution is 6.43. The zero-order chi connectivity index (χ0) is 19.0. The van der Waals surface area contributed by atoms with Crippen molar-refractivity contribution in [2.45, 2.75) is 0 Å². The monoisotopic (exact) mass is 427 g/mol. The van der Waals surface area contributed by atoms with Crippen LogP contribution in [0.4, 0.5) is 0 Å². The molecule has 2 aromatic carbocycles. The predicted molar refractivity (Wildman–Crippen MR) is 107 cm³/mol. The zero-order valence-electron chi connectivity index (χ0n) is 13.8. The smallest absolute Gasteiger partial charge is 0.273 e. The molecule has 134 valence electrons. The lowest BCUT2D eigenvalue weighted by Gasteiger charge is -2.11. The molecule has 0 atom stereocenters. The molecular weight excluding hydrogens is 416 g/mol. The van der Waals surface area contributed by atoms with Crippen molar-refractivity contribution in [1.29, 1.82) is 0 Å². The van der Waals surface area contributed by atoms with E-state index in [4.69, 9.17) is 46.4 Å². The molecule has 1 heterocycles. The van der Waals surface area contributed by atoms with Gasteiger partial charge in [-0.2, -0.15) is 0 Å². The molecule has 0 saturated heterocycles. The maximum absolute atomic E-state index is 12.4. The first-order valence-corrected chi connectivity index (χ1v) is 9.01. The number of hydrogen-bond acceptors (Lipinski definition) is 2. The van der Waals surface area contributed by atoms with Crippen LogP contribution >= 0.6 is 46.4 Å². The molecule has 0 bridgehead atoms. The fraction of sp³-hybridized carbons (Fsp3) is 0.111. The first kappa shape index (κ1) is 19.1. The minimum Gasteiger partial charge on any atom is -0.343 e. The van der Waals surface area contributed by atoms with Crippen LogP contribution < -0.4 is 0 Å². The minimum absolute atomic E-state index is 0.242. The second kappa shape index (κ2) is 7.49. The van der Waals surface area contributed by atoms with Crippen molar-refractivity contribution in [2.24, 2.45) is 0 Å². The summed E-state index contributed by atoms with van der Waals surface area (Å²) in [5.41, 5.74) is 1.46. The molecule has 1 aromatic heterocycles. The third kappa shape index (κ3) is 3.55. The van der Waals surface area contributed by atoms with Gasteiger partial charge in [0.05, 0.1) is 20.8 Å². The van der Waals surface area contributed by atoms with Crippen LogP contribution in [0.25, 0.3) is 17.1 Å². The van der Waals surface area contributed by atoms with E-state index >= 15 is 0 Å². The highest BCUT2D eigenvalue weighted by Crippen LogP contribution is 2.36. The fourth-order valence-corrected chi connectivity index (χ4v) is 3.32. The number of aromatic nitrogens is 2. The Labute approximate surface area is 170 Å². The van der Waals surface area contributed by atoms with Gasteiger partial charge < -0.3 is 4.90 Å². The maximum Gasteiger partial charge on any atom is 0.273 e. The van der Waals surface area contributed by atoms with Crippen LogP contribution in [0.2, 0.25) is 20.1 Å². The summed E-state index contributed by atoms with van der Waals surface area (Å²) in [6.07, 6.45) is 1.62. The molecule has 0 saturated carbocycles. The van der Waals surface area contributed by atoms with Crippen LogP contribution in [0.1, 0.15) is 10.5 Å². The molecule has 26 heavy (non-hydrogen) atoms. The molecule has 0 fully saturated rings. The van der Waals surface area contributed by atoms with Crippen molar-refractivity contribution >= 4 is 52.3 Å². The average molecular weight is 429 g/mol.